The number of hydrogen-bond acceptors (Lipinski definition) is 5. The molecular weight excluding hydrogens is 348 g/mol. The lowest BCUT2D eigenvalue weighted by molar-refractivity contribution is -0.117. The number of nitrogens with zero attached hydrogens (tertiary/aromatic N) is 4. The first-order valence-electron chi connectivity index (χ1n) is 8.84. The Morgan fingerprint density at radius 3 is 3.00 bits per heavy atom. The molecule has 134 valence electrons. The van der Waals surface area contributed by atoms with E-state index in [0.717, 1.165) is 48.1 Å². The minimum atomic E-state index is 0.0664. The molecule has 3 aromatic heterocycles. The third kappa shape index (κ3) is 2.79. The highest BCUT2D eigenvalue weighted by molar-refractivity contribution is 7.96. The number of aromatic nitrogens is 4. The summed E-state index contributed by atoms with van der Waals surface area (Å²) in [5.74, 6) is 0.814. The summed E-state index contributed by atoms with van der Waals surface area (Å²) >= 11 is 1.77. The Labute approximate surface area is 155 Å². The summed E-state index contributed by atoms with van der Waals surface area (Å²) in [6.45, 7) is 2.03. The zero-order chi connectivity index (χ0) is 17.7. The molecular formula is C18H20N6OS. The fraction of sp³-hybridized carbons (Fsp3) is 0.389. The van der Waals surface area contributed by atoms with Crippen molar-refractivity contribution in [1.29, 1.82) is 0 Å². The van der Waals surface area contributed by atoms with E-state index in [9.17, 15) is 4.79 Å². The van der Waals surface area contributed by atoms with Gasteiger partial charge >= 0.3 is 0 Å². The average Bonchev–Trinajstić information content (AvgIpc) is 3.16. The van der Waals surface area contributed by atoms with Crippen molar-refractivity contribution in [1.82, 2.24) is 24.1 Å². The summed E-state index contributed by atoms with van der Waals surface area (Å²) in [4.78, 5) is 19.8. The Hall–Kier alpha value is -2.32. The molecule has 3 aromatic rings. The van der Waals surface area contributed by atoms with Gasteiger partial charge in [-0.1, -0.05) is 11.9 Å². The molecule has 0 atom stereocenters. The Balaban J connectivity index is 1.46. The summed E-state index contributed by atoms with van der Waals surface area (Å²) in [5.41, 5.74) is 2.86. The van der Waals surface area contributed by atoms with E-state index in [4.69, 9.17) is 0 Å². The van der Waals surface area contributed by atoms with Gasteiger partial charge in [-0.05, 0) is 36.8 Å². The van der Waals surface area contributed by atoms with Gasteiger partial charge in [-0.15, -0.1) is 0 Å². The molecule has 26 heavy (non-hydrogen) atoms. The summed E-state index contributed by atoms with van der Waals surface area (Å²) < 4.78 is 4.36. The first-order chi connectivity index (χ1) is 12.7. The molecule has 0 bridgehead atoms. The molecule has 0 spiro atoms. The first-order valence-corrected chi connectivity index (χ1v) is 10.0. The van der Waals surface area contributed by atoms with Crippen LogP contribution in [0.4, 0.5) is 5.82 Å². The van der Waals surface area contributed by atoms with E-state index in [1.54, 1.807) is 11.9 Å². The van der Waals surface area contributed by atoms with Crippen LogP contribution in [-0.4, -0.2) is 49.3 Å². The lowest BCUT2D eigenvalue weighted by Gasteiger charge is -2.37. The van der Waals surface area contributed by atoms with Crippen LogP contribution in [0.5, 0.6) is 0 Å². The van der Waals surface area contributed by atoms with Crippen molar-refractivity contribution in [3.05, 3.63) is 30.7 Å². The molecule has 7 nitrogen and oxygen atoms in total. The molecule has 0 unspecified atom stereocenters. The molecule has 1 aliphatic heterocycles. The van der Waals surface area contributed by atoms with E-state index in [1.165, 1.54) is 0 Å². The molecule has 2 fully saturated rings. The van der Waals surface area contributed by atoms with Crippen molar-refractivity contribution in [2.75, 3.05) is 24.7 Å². The van der Waals surface area contributed by atoms with Crippen LogP contribution < -0.4 is 5.32 Å². The fourth-order valence-electron chi connectivity index (χ4n) is 3.32. The van der Waals surface area contributed by atoms with Gasteiger partial charge in [0.1, 0.15) is 11.5 Å². The summed E-state index contributed by atoms with van der Waals surface area (Å²) in [5, 5.41) is 8.56. The maximum atomic E-state index is 12.1. The van der Waals surface area contributed by atoms with E-state index < -0.39 is 0 Å². The van der Waals surface area contributed by atoms with Gasteiger partial charge in [0.2, 0.25) is 5.91 Å². The topological polar surface area (TPSA) is 78.8 Å². The standard InChI is InChI=1S/C18H20N6OS/c1-26-23-9-13(10-23)24-8-12(7-20-24)15-6-16(22-18(25)11-2-3-11)21-17-14(15)4-5-19-17/h4-8,11,13H,2-3,9-10H2,1H3,(H2,19,21,22,25). The van der Waals surface area contributed by atoms with Crippen molar-refractivity contribution in [3.8, 4) is 11.1 Å². The quantitative estimate of drug-likeness (QED) is 0.677. The van der Waals surface area contributed by atoms with Gasteiger partial charge in [-0.2, -0.15) is 5.10 Å². The Kier molecular flexibility index (Phi) is 3.75. The van der Waals surface area contributed by atoms with Crippen LogP contribution >= 0.6 is 11.9 Å². The van der Waals surface area contributed by atoms with Crippen LogP contribution in [0.2, 0.25) is 0 Å². The third-order valence-electron chi connectivity index (χ3n) is 5.10. The molecule has 8 heteroatoms. The minimum absolute atomic E-state index is 0.0664. The maximum Gasteiger partial charge on any atom is 0.228 e. The Bertz CT molecular complexity index is 969. The molecule has 4 heterocycles. The second-order valence-electron chi connectivity index (χ2n) is 6.95. The minimum Gasteiger partial charge on any atom is -0.346 e. The normalized spacial score (nSPS) is 18.2. The molecule has 5 rings (SSSR count). The van der Waals surface area contributed by atoms with Crippen LogP contribution in [0.15, 0.2) is 30.7 Å². The predicted octanol–water partition coefficient (Wildman–Crippen LogP) is 2.91. The predicted molar refractivity (Wildman–Crippen MR) is 103 cm³/mol. The van der Waals surface area contributed by atoms with Crippen LogP contribution in [0.1, 0.15) is 18.9 Å². The van der Waals surface area contributed by atoms with Crippen molar-refractivity contribution in [2.45, 2.75) is 18.9 Å². The van der Waals surface area contributed by atoms with Crippen molar-refractivity contribution in [2.24, 2.45) is 5.92 Å². The average molecular weight is 368 g/mol. The SMILES string of the molecule is CSN1CC(n2cc(-c3cc(NC(=O)C4CC4)nc4[nH]ccc34)cn2)C1. The second-order valence-corrected chi connectivity index (χ2v) is 7.83. The number of amides is 1. The van der Waals surface area contributed by atoms with E-state index in [0.29, 0.717) is 11.9 Å². The number of hydrogen-bond donors (Lipinski definition) is 2. The number of H-pyrrole nitrogens is 1. The van der Waals surface area contributed by atoms with Crippen molar-refractivity contribution in [3.63, 3.8) is 0 Å². The number of rotatable bonds is 5. The molecule has 1 saturated heterocycles. The summed E-state index contributed by atoms with van der Waals surface area (Å²) in [6.07, 6.45) is 9.92. The number of pyridine rings is 1. The number of carbonyl (C=O) groups is 1. The van der Waals surface area contributed by atoms with E-state index in [1.807, 2.05) is 29.2 Å². The van der Waals surface area contributed by atoms with E-state index >= 15 is 0 Å². The first kappa shape index (κ1) is 15.9. The van der Waals surface area contributed by atoms with Crippen LogP contribution in [-0.2, 0) is 4.79 Å². The second kappa shape index (κ2) is 6.14. The van der Waals surface area contributed by atoms with E-state index in [-0.39, 0.29) is 11.8 Å². The lowest BCUT2D eigenvalue weighted by Crippen LogP contribution is -2.43. The van der Waals surface area contributed by atoms with Gasteiger partial charge < -0.3 is 10.3 Å². The van der Waals surface area contributed by atoms with Gasteiger partial charge in [-0.3, -0.25) is 9.48 Å². The zero-order valence-corrected chi connectivity index (χ0v) is 15.3. The van der Waals surface area contributed by atoms with E-state index in [2.05, 4.69) is 37.1 Å². The largest absolute Gasteiger partial charge is 0.346 e. The molecule has 1 saturated carbocycles. The van der Waals surface area contributed by atoms with Gasteiger partial charge in [0.25, 0.3) is 0 Å². The Morgan fingerprint density at radius 1 is 1.38 bits per heavy atom. The molecule has 1 aliphatic carbocycles. The highest BCUT2D eigenvalue weighted by Gasteiger charge is 2.30. The molecule has 0 radical (unpaired) electrons. The molecule has 2 N–H and O–H groups in total. The molecule has 2 aliphatic rings. The summed E-state index contributed by atoms with van der Waals surface area (Å²) in [7, 11) is 0. The zero-order valence-electron chi connectivity index (χ0n) is 14.5. The van der Waals surface area contributed by atoms with Crippen LogP contribution in [0, 0.1) is 5.92 Å². The number of anilines is 1. The number of fused-ring (bicyclic) bond motifs is 1. The Morgan fingerprint density at radius 2 is 2.23 bits per heavy atom. The third-order valence-corrected chi connectivity index (χ3v) is 5.92. The molecule has 0 aromatic carbocycles. The fourth-order valence-corrected chi connectivity index (χ4v) is 3.97. The highest BCUT2D eigenvalue weighted by Crippen LogP contribution is 2.34. The monoisotopic (exact) mass is 368 g/mol. The van der Waals surface area contributed by atoms with Gasteiger partial charge in [0.05, 0.1) is 12.2 Å². The van der Waals surface area contributed by atoms with Crippen molar-refractivity contribution < 1.29 is 4.79 Å². The summed E-state index contributed by atoms with van der Waals surface area (Å²) in [6, 6.07) is 4.39. The van der Waals surface area contributed by atoms with Crippen LogP contribution in [0.3, 0.4) is 0 Å². The number of aromatic amines is 1. The van der Waals surface area contributed by atoms with Crippen molar-refractivity contribution >= 4 is 34.7 Å². The number of nitrogens with one attached hydrogen (secondary N) is 2. The molecule has 1 amide bonds. The number of carbonyl (C=O) groups excluding carboxylic acids is 1. The van der Waals surface area contributed by atoms with Crippen LogP contribution in [0.25, 0.3) is 22.2 Å². The maximum absolute atomic E-state index is 12.1. The van der Waals surface area contributed by atoms with Gasteiger partial charge in [-0.25, -0.2) is 9.29 Å². The van der Waals surface area contributed by atoms with Gasteiger partial charge in [0, 0.05) is 42.4 Å². The van der Waals surface area contributed by atoms with Gasteiger partial charge in [0.15, 0.2) is 0 Å². The lowest BCUT2D eigenvalue weighted by atomic mass is 10.1. The smallest absolute Gasteiger partial charge is 0.228 e. The highest BCUT2D eigenvalue weighted by atomic mass is 32.2.